The molecule has 1 aliphatic carbocycles. The van der Waals surface area contributed by atoms with Crippen LogP contribution in [0.4, 0.5) is 5.82 Å². The van der Waals surface area contributed by atoms with Gasteiger partial charge in [-0.2, -0.15) is 5.10 Å². The fraction of sp³-hybridized carbons (Fsp3) is 0.308. The van der Waals surface area contributed by atoms with Crippen LogP contribution in [0.5, 0.6) is 5.88 Å². The zero-order valence-electron chi connectivity index (χ0n) is 21.1. The van der Waals surface area contributed by atoms with Crippen LogP contribution in [-0.2, 0) is 6.54 Å². The molecule has 38 heavy (non-hydrogen) atoms. The van der Waals surface area contributed by atoms with Crippen LogP contribution in [0.25, 0.3) is 33.8 Å². The first kappa shape index (κ1) is 23.6. The summed E-state index contributed by atoms with van der Waals surface area (Å²) < 4.78 is 9.16. The molecule has 6 rings (SSSR count). The minimum Gasteiger partial charge on any atom is -0.480 e. The number of nitrogens with zero attached hydrogens (tertiary/aromatic N) is 9. The third-order valence-electron chi connectivity index (χ3n) is 6.61. The SMILES string of the molecule is COc1ncnc(C2CC2)c1-c1ncc2cnn(Cc3ccc(-c4nc([N+](=O)[O-])cn4C(C)C)cc3)c2n1. The third-order valence-corrected chi connectivity index (χ3v) is 6.61. The van der Waals surface area contributed by atoms with E-state index in [-0.39, 0.29) is 11.9 Å². The first-order chi connectivity index (χ1) is 18.4. The molecule has 12 nitrogen and oxygen atoms in total. The first-order valence-corrected chi connectivity index (χ1v) is 12.3. The average Bonchev–Trinajstić information content (AvgIpc) is 3.55. The molecule has 12 heteroatoms. The second-order valence-corrected chi connectivity index (χ2v) is 9.57. The Hall–Kier alpha value is -4.74. The maximum absolute atomic E-state index is 11.3. The lowest BCUT2D eigenvalue weighted by Crippen LogP contribution is -2.05. The Morgan fingerprint density at radius 1 is 1.11 bits per heavy atom. The van der Waals surface area contributed by atoms with Crippen molar-refractivity contribution in [1.29, 1.82) is 0 Å². The van der Waals surface area contributed by atoms with E-state index in [0.717, 1.165) is 40.6 Å². The molecule has 4 aromatic heterocycles. The molecule has 0 atom stereocenters. The molecular weight excluding hydrogens is 486 g/mol. The monoisotopic (exact) mass is 511 g/mol. The van der Waals surface area contributed by atoms with Gasteiger partial charge in [0.1, 0.15) is 18.1 Å². The van der Waals surface area contributed by atoms with Crippen LogP contribution in [0.2, 0.25) is 0 Å². The van der Waals surface area contributed by atoms with Crippen LogP contribution in [0.3, 0.4) is 0 Å². The molecule has 0 bridgehead atoms. The molecular formula is C26H25N9O3. The van der Waals surface area contributed by atoms with Crippen molar-refractivity contribution in [3.63, 3.8) is 0 Å². The maximum atomic E-state index is 11.3. The normalized spacial score (nSPS) is 13.4. The van der Waals surface area contributed by atoms with Gasteiger partial charge in [0.05, 0.1) is 30.9 Å². The van der Waals surface area contributed by atoms with Crippen molar-refractivity contribution in [1.82, 2.24) is 39.3 Å². The fourth-order valence-electron chi connectivity index (χ4n) is 4.52. The molecule has 0 spiro atoms. The highest BCUT2D eigenvalue weighted by Crippen LogP contribution is 2.44. The Balaban J connectivity index is 1.32. The van der Waals surface area contributed by atoms with Crippen LogP contribution in [0.15, 0.2) is 49.2 Å². The predicted octanol–water partition coefficient (Wildman–Crippen LogP) is 4.57. The van der Waals surface area contributed by atoms with Crippen molar-refractivity contribution in [3.05, 3.63) is 70.6 Å². The topological polar surface area (TPSA) is 140 Å². The summed E-state index contributed by atoms with van der Waals surface area (Å²) >= 11 is 0. The highest BCUT2D eigenvalue weighted by atomic mass is 16.6. The van der Waals surface area contributed by atoms with Gasteiger partial charge in [0.25, 0.3) is 5.82 Å². The van der Waals surface area contributed by atoms with Gasteiger partial charge in [0, 0.05) is 23.7 Å². The summed E-state index contributed by atoms with van der Waals surface area (Å²) in [6.45, 7) is 4.41. The molecule has 1 aromatic carbocycles. The van der Waals surface area contributed by atoms with E-state index in [4.69, 9.17) is 9.72 Å². The largest absolute Gasteiger partial charge is 0.480 e. The fourth-order valence-corrected chi connectivity index (χ4v) is 4.52. The molecule has 0 amide bonds. The maximum Gasteiger partial charge on any atom is 0.382 e. The van der Waals surface area contributed by atoms with Crippen molar-refractivity contribution in [2.24, 2.45) is 0 Å². The minimum absolute atomic E-state index is 0.0317. The molecule has 192 valence electrons. The van der Waals surface area contributed by atoms with Gasteiger partial charge >= 0.3 is 5.82 Å². The van der Waals surface area contributed by atoms with Crippen molar-refractivity contribution < 1.29 is 9.66 Å². The van der Waals surface area contributed by atoms with E-state index < -0.39 is 4.92 Å². The average molecular weight is 512 g/mol. The van der Waals surface area contributed by atoms with Crippen LogP contribution < -0.4 is 4.74 Å². The van der Waals surface area contributed by atoms with Crippen LogP contribution >= 0.6 is 0 Å². The van der Waals surface area contributed by atoms with Gasteiger partial charge in [-0.1, -0.05) is 12.1 Å². The Morgan fingerprint density at radius 3 is 2.58 bits per heavy atom. The van der Waals surface area contributed by atoms with Gasteiger partial charge in [-0.05, 0) is 54.3 Å². The standard InChI is InChI=1S/C26H25N9O3/c1-15(2)33-13-20(35(36)37)31-24(33)18-6-4-16(5-7-18)12-34-25-19(11-30-34)10-27-23(32-25)21-22(17-8-9-17)28-14-29-26(21)38-3/h4-7,10-11,13-15,17H,8-9,12H2,1-3H3. The van der Waals surface area contributed by atoms with Crippen molar-refractivity contribution in [2.45, 2.75) is 45.2 Å². The highest BCUT2D eigenvalue weighted by molar-refractivity contribution is 5.77. The Morgan fingerprint density at radius 2 is 1.89 bits per heavy atom. The first-order valence-electron chi connectivity index (χ1n) is 12.3. The number of benzene rings is 1. The lowest BCUT2D eigenvalue weighted by atomic mass is 10.1. The molecule has 0 saturated heterocycles. The number of fused-ring (bicyclic) bond motifs is 1. The number of imidazole rings is 1. The van der Waals surface area contributed by atoms with E-state index in [9.17, 15) is 10.1 Å². The van der Waals surface area contributed by atoms with E-state index in [2.05, 4.69) is 25.0 Å². The molecule has 0 radical (unpaired) electrons. The molecule has 0 aliphatic heterocycles. The van der Waals surface area contributed by atoms with E-state index in [1.54, 1.807) is 19.5 Å². The summed E-state index contributed by atoms with van der Waals surface area (Å²) in [5.74, 6) is 1.74. The van der Waals surface area contributed by atoms with Crippen molar-refractivity contribution in [3.8, 4) is 28.7 Å². The lowest BCUT2D eigenvalue weighted by molar-refractivity contribution is -0.389. The van der Waals surface area contributed by atoms with Gasteiger partial charge in [0.15, 0.2) is 11.5 Å². The molecule has 0 unspecified atom stereocenters. The number of nitro groups is 1. The van der Waals surface area contributed by atoms with Crippen LogP contribution in [0.1, 0.15) is 49.9 Å². The number of methoxy groups -OCH3 is 1. The summed E-state index contributed by atoms with van der Waals surface area (Å²) in [5.41, 5.74) is 4.13. The van der Waals surface area contributed by atoms with E-state index in [1.807, 2.05) is 47.4 Å². The van der Waals surface area contributed by atoms with E-state index >= 15 is 0 Å². The molecule has 1 saturated carbocycles. The van der Waals surface area contributed by atoms with Gasteiger partial charge in [-0.15, -0.1) is 0 Å². The quantitative estimate of drug-likeness (QED) is 0.216. The van der Waals surface area contributed by atoms with E-state index in [1.165, 1.54) is 12.5 Å². The summed E-state index contributed by atoms with van der Waals surface area (Å²) in [6, 6.07) is 7.80. The summed E-state index contributed by atoms with van der Waals surface area (Å²) in [6.07, 6.45) is 8.65. The van der Waals surface area contributed by atoms with Gasteiger partial charge in [-0.25, -0.2) is 24.6 Å². The number of ether oxygens (including phenoxy) is 1. The number of hydrogen-bond acceptors (Lipinski definition) is 9. The Labute approximate surface area is 217 Å². The summed E-state index contributed by atoms with van der Waals surface area (Å²) in [4.78, 5) is 33.2. The Kier molecular flexibility index (Phi) is 5.78. The molecule has 0 N–H and O–H groups in total. The number of aromatic nitrogens is 8. The predicted molar refractivity (Wildman–Crippen MR) is 139 cm³/mol. The Bertz CT molecular complexity index is 1650. The summed E-state index contributed by atoms with van der Waals surface area (Å²) in [5, 5.41) is 16.6. The zero-order valence-corrected chi connectivity index (χ0v) is 21.1. The molecule has 1 fully saturated rings. The summed E-state index contributed by atoms with van der Waals surface area (Å²) in [7, 11) is 1.58. The van der Waals surface area contributed by atoms with Gasteiger partial charge < -0.3 is 19.4 Å². The van der Waals surface area contributed by atoms with Crippen LogP contribution in [0, 0.1) is 10.1 Å². The second kappa shape index (κ2) is 9.29. The number of hydrogen-bond donors (Lipinski definition) is 0. The molecule has 5 aromatic rings. The van der Waals surface area contributed by atoms with Crippen LogP contribution in [-0.4, -0.2) is 51.3 Å². The molecule has 1 aliphatic rings. The second-order valence-electron chi connectivity index (χ2n) is 9.57. The van der Waals surface area contributed by atoms with Crippen molar-refractivity contribution >= 4 is 16.9 Å². The highest BCUT2D eigenvalue weighted by Gasteiger charge is 2.31. The minimum atomic E-state index is -0.472. The van der Waals surface area contributed by atoms with Crippen molar-refractivity contribution in [2.75, 3.05) is 7.11 Å². The zero-order chi connectivity index (χ0) is 26.4. The lowest BCUT2D eigenvalue weighted by Gasteiger charge is -2.11. The molecule has 4 heterocycles. The number of rotatable bonds is 8. The third kappa shape index (κ3) is 4.23. The van der Waals surface area contributed by atoms with Gasteiger partial charge in [0.2, 0.25) is 5.88 Å². The van der Waals surface area contributed by atoms with E-state index in [0.29, 0.717) is 35.6 Å². The smallest absolute Gasteiger partial charge is 0.382 e. The van der Waals surface area contributed by atoms with Gasteiger partial charge in [-0.3, -0.25) is 0 Å².